The number of benzene rings is 1. The predicted molar refractivity (Wildman–Crippen MR) is 90.4 cm³/mol. The van der Waals surface area contributed by atoms with Gasteiger partial charge in [-0.3, -0.25) is 4.79 Å². The Morgan fingerprint density at radius 3 is 2.45 bits per heavy atom. The van der Waals surface area contributed by atoms with Crippen LogP contribution >= 0.6 is 15.9 Å². The van der Waals surface area contributed by atoms with E-state index >= 15 is 0 Å². The molecule has 1 N–H and O–H groups in total. The van der Waals surface area contributed by atoms with Gasteiger partial charge in [-0.05, 0) is 54.4 Å². The van der Waals surface area contributed by atoms with Gasteiger partial charge in [-0.2, -0.15) is 0 Å². The predicted octanol–water partition coefficient (Wildman–Crippen LogP) is 4.69. The van der Waals surface area contributed by atoms with Crippen molar-refractivity contribution in [3.05, 3.63) is 51.7 Å². The number of aryl methyl sites for hydroxylation is 1. The number of hydrogen-bond acceptors (Lipinski definition) is 2. The zero-order valence-electron chi connectivity index (χ0n) is 12.6. The molecule has 1 saturated carbocycles. The molecule has 4 atom stereocenters. The summed E-state index contributed by atoms with van der Waals surface area (Å²) < 4.78 is 0.948. The summed E-state index contributed by atoms with van der Waals surface area (Å²) in [5.74, 6) is 1.08. The molecule has 0 aliphatic heterocycles. The Balaban J connectivity index is 1.86. The van der Waals surface area contributed by atoms with E-state index in [0.29, 0.717) is 23.2 Å². The van der Waals surface area contributed by atoms with Crippen molar-refractivity contribution in [2.45, 2.75) is 26.2 Å². The minimum absolute atomic E-state index is 0.00920. The molecule has 1 fully saturated rings. The lowest BCUT2D eigenvalue weighted by molar-refractivity contribution is -0.120. The molecule has 0 radical (unpaired) electrons. The van der Waals surface area contributed by atoms with Crippen LogP contribution in [0.25, 0.3) is 5.57 Å². The Morgan fingerprint density at radius 1 is 1.18 bits per heavy atom. The van der Waals surface area contributed by atoms with E-state index in [-0.39, 0.29) is 17.6 Å². The van der Waals surface area contributed by atoms with E-state index in [0.717, 1.165) is 34.9 Å². The third-order valence-corrected chi connectivity index (χ3v) is 6.08. The summed E-state index contributed by atoms with van der Waals surface area (Å²) in [6, 6.07) is 6.02. The first-order valence-electron chi connectivity index (χ1n) is 8.06. The first-order valence-corrected chi connectivity index (χ1v) is 8.85. The molecule has 5 rings (SSSR count). The summed E-state index contributed by atoms with van der Waals surface area (Å²) in [4.78, 5) is 13.1. The van der Waals surface area contributed by atoms with Crippen LogP contribution in [0.1, 0.15) is 30.9 Å². The van der Waals surface area contributed by atoms with Crippen LogP contribution in [0.4, 0.5) is 0 Å². The average Bonchev–Trinajstić information content (AvgIpc) is 2.82. The van der Waals surface area contributed by atoms with E-state index < -0.39 is 0 Å². The normalized spacial score (nSPS) is 32.7. The van der Waals surface area contributed by atoms with E-state index in [9.17, 15) is 9.90 Å². The molecule has 0 heterocycles. The van der Waals surface area contributed by atoms with Crippen molar-refractivity contribution in [1.29, 1.82) is 0 Å². The zero-order valence-corrected chi connectivity index (χ0v) is 14.1. The summed E-state index contributed by atoms with van der Waals surface area (Å²) in [7, 11) is 0. The largest absolute Gasteiger partial charge is 0.511 e. The number of aliphatic hydroxyl groups is 1. The number of hydrogen-bond donors (Lipinski definition) is 1. The van der Waals surface area contributed by atoms with E-state index in [1.54, 1.807) is 0 Å². The lowest BCUT2D eigenvalue weighted by Crippen LogP contribution is -2.38. The highest BCUT2D eigenvalue weighted by Gasteiger charge is 2.52. The molecular weight excluding hydrogens is 340 g/mol. The molecule has 114 valence electrons. The number of aliphatic hydroxyl groups excluding tert-OH is 1. The van der Waals surface area contributed by atoms with Gasteiger partial charge in [0.1, 0.15) is 5.76 Å². The van der Waals surface area contributed by atoms with Crippen molar-refractivity contribution in [3.63, 3.8) is 0 Å². The molecule has 0 spiro atoms. The fourth-order valence-electron chi connectivity index (χ4n) is 4.54. The van der Waals surface area contributed by atoms with Gasteiger partial charge in [0.25, 0.3) is 0 Å². The number of Topliss-reactive ketones (excluding diaryl/α,β-unsaturated/α-hetero) is 1. The second-order valence-electron chi connectivity index (χ2n) is 6.62. The highest BCUT2D eigenvalue weighted by atomic mass is 79.9. The second kappa shape index (κ2) is 5.09. The smallest absolute Gasteiger partial charge is 0.171 e. The van der Waals surface area contributed by atoms with Gasteiger partial charge in [-0.15, -0.1) is 0 Å². The van der Waals surface area contributed by atoms with Gasteiger partial charge >= 0.3 is 0 Å². The van der Waals surface area contributed by atoms with Crippen LogP contribution in [0.3, 0.4) is 0 Å². The Morgan fingerprint density at radius 2 is 1.86 bits per heavy atom. The molecule has 4 aliphatic carbocycles. The Hall–Kier alpha value is -1.35. The highest BCUT2D eigenvalue weighted by molar-refractivity contribution is 9.10. The molecule has 0 aromatic heterocycles. The summed E-state index contributed by atoms with van der Waals surface area (Å²) in [5.41, 5.74) is 2.61. The van der Waals surface area contributed by atoms with Gasteiger partial charge in [0.2, 0.25) is 0 Å². The van der Waals surface area contributed by atoms with Crippen molar-refractivity contribution >= 4 is 27.3 Å². The third kappa shape index (κ3) is 1.88. The average molecular weight is 359 g/mol. The van der Waals surface area contributed by atoms with E-state index in [1.165, 1.54) is 0 Å². The van der Waals surface area contributed by atoms with Gasteiger partial charge < -0.3 is 5.11 Å². The Labute approximate surface area is 139 Å². The first kappa shape index (κ1) is 14.3. The van der Waals surface area contributed by atoms with E-state index in [2.05, 4.69) is 35.0 Å². The fourth-order valence-corrected chi connectivity index (χ4v) is 4.91. The third-order valence-electron chi connectivity index (χ3n) is 5.59. The van der Waals surface area contributed by atoms with Crippen LogP contribution < -0.4 is 0 Å². The zero-order chi connectivity index (χ0) is 15.4. The number of allylic oxidation sites excluding steroid dienone is 4. The molecule has 1 aromatic rings. The number of fused-ring (bicyclic) bond motifs is 1. The Kier molecular flexibility index (Phi) is 3.30. The van der Waals surface area contributed by atoms with Crippen LogP contribution in [0.5, 0.6) is 0 Å². The van der Waals surface area contributed by atoms with E-state index in [1.807, 2.05) is 18.2 Å². The minimum atomic E-state index is -0.0394. The van der Waals surface area contributed by atoms with Crippen molar-refractivity contribution in [1.82, 2.24) is 0 Å². The molecule has 4 aliphatic rings. The van der Waals surface area contributed by atoms with E-state index in [4.69, 9.17) is 0 Å². The number of carbonyl (C=O) groups is 1. The van der Waals surface area contributed by atoms with Gasteiger partial charge in [-0.1, -0.05) is 41.1 Å². The van der Waals surface area contributed by atoms with Crippen LogP contribution in [0.2, 0.25) is 0 Å². The number of rotatable bonds is 2. The van der Waals surface area contributed by atoms with Crippen LogP contribution in [0, 0.1) is 23.7 Å². The van der Waals surface area contributed by atoms with Crippen LogP contribution in [0.15, 0.2) is 40.6 Å². The maximum atomic E-state index is 13.1. The second-order valence-corrected chi connectivity index (χ2v) is 7.54. The number of ketones is 1. The van der Waals surface area contributed by atoms with Gasteiger partial charge in [-0.25, -0.2) is 0 Å². The van der Waals surface area contributed by atoms with Crippen LogP contribution in [-0.2, 0) is 11.2 Å². The number of carbonyl (C=O) groups excluding carboxylic acids is 1. The highest BCUT2D eigenvalue weighted by Crippen LogP contribution is 2.54. The van der Waals surface area contributed by atoms with Gasteiger partial charge in [0.15, 0.2) is 5.78 Å². The topological polar surface area (TPSA) is 37.3 Å². The molecule has 2 nitrogen and oxygen atoms in total. The SMILES string of the molecule is CCc1ccc(Br)cc1C1=C(O)C2C3C=CC(CC3)C2C1=O. The van der Waals surface area contributed by atoms with Gasteiger partial charge in [0, 0.05) is 16.3 Å². The number of halogens is 1. The monoisotopic (exact) mass is 358 g/mol. The molecule has 0 amide bonds. The first-order chi connectivity index (χ1) is 10.6. The fraction of sp³-hybridized carbons (Fsp3) is 0.421. The molecule has 4 unspecified atom stereocenters. The quantitative estimate of drug-likeness (QED) is 0.778. The summed E-state index contributed by atoms with van der Waals surface area (Å²) in [6.45, 7) is 2.09. The molecule has 3 heteroatoms. The van der Waals surface area contributed by atoms with Crippen molar-refractivity contribution in [2.24, 2.45) is 23.7 Å². The lowest BCUT2D eigenvalue weighted by Gasteiger charge is -2.40. The van der Waals surface area contributed by atoms with Crippen molar-refractivity contribution in [3.8, 4) is 0 Å². The Bertz CT molecular complexity index is 716. The van der Waals surface area contributed by atoms with Crippen LogP contribution in [-0.4, -0.2) is 10.9 Å². The van der Waals surface area contributed by atoms with Gasteiger partial charge in [0.05, 0.1) is 5.57 Å². The maximum Gasteiger partial charge on any atom is 0.171 e. The maximum absolute atomic E-state index is 13.1. The summed E-state index contributed by atoms with van der Waals surface area (Å²) in [5, 5.41) is 10.9. The summed E-state index contributed by atoms with van der Waals surface area (Å²) in [6.07, 6.45) is 7.43. The van der Waals surface area contributed by atoms with Crippen molar-refractivity contribution < 1.29 is 9.90 Å². The standard InChI is InChI=1S/C19H19BrO2/c1-2-10-7-8-13(20)9-14(10)17-18(21)15-11-3-4-12(6-5-11)16(15)19(17)22/h3-4,7-9,11-12,15-16,21H,2,5-6H2,1H3. The molecule has 22 heavy (non-hydrogen) atoms. The molecule has 1 aromatic carbocycles. The minimum Gasteiger partial charge on any atom is -0.511 e. The lowest BCUT2D eigenvalue weighted by atomic mass is 9.63. The molecule has 0 saturated heterocycles. The summed E-state index contributed by atoms with van der Waals surface area (Å²) >= 11 is 3.50. The molecule has 2 bridgehead atoms. The van der Waals surface area contributed by atoms with Crippen molar-refractivity contribution in [2.75, 3.05) is 0 Å². The molecular formula is C19H19BrO2.